The molecule has 32 heavy (non-hydrogen) atoms. The predicted molar refractivity (Wildman–Crippen MR) is 122 cm³/mol. The summed E-state index contributed by atoms with van der Waals surface area (Å²) in [6.07, 6.45) is 3.06. The number of para-hydroxylation sites is 1. The number of nitrogens with zero attached hydrogens (tertiary/aromatic N) is 5. The van der Waals surface area contributed by atoms with Crippen LogP contribution in [0.1, 0.15) is 5.82 Å². The summed E-state index contributed by atoms with van der Waals surface area (Å²) in [6.45, 7) is 0. The van der Waals surface area contributed by atoms with Crippen molar-refractivity contribution in [2.75, 3.05) is 14.2 Å². The van der Waals surface area contributed by atoms with E-state index in [-0.39, 0.29) is 5.56 Å². The van der Waals surface area contributed by atoms with Gasteiger partial charge in [0.25, 0.3) is 5.56 Å². The van der Waals surface area contributed by atoms with Gasteiger partial charge < -0.3 is 14.5 Å². The van der Waals surface area contributed by atoms with E-state index < -0.39 is 0 Å². The standard InChI is InChI=1S/C22H18N6O3S/c1-30-13-7-8-16(17(9-13)31-2)28-18(27-15-6-4-3-5-14(15)22(28)29)10-32-21-19-20(24-11-23-19)25-12-26-21/h3-9,11-12H,10H2,1-2H3,(H,23,24,25,26). The lowest BCUT2D eigenvalue weighted by molar-refractivity contribution is 0.393. The molecule has 5 rings (SSSR count). The number of ether oxygens (including phenoxy) is 2. The highest BCUT2D eigenvalue weighted by molar-refractivity contribution is 7.98. The summed E-state index contributed by atoms with van der Waals surface area (Å²) in [4.78, 5) is 34.1. The van der Waals surface area contributed by atoms with Crippen LogP contribution in [0.25, 0.3) is 27.8 Å². The van der Waals surface area contributed by atoms with Crippen LogP contribution in [0.15, 0.2) is 64.9 Å². The number of hydrogen-bond acceptors (Lipinski definition) is 8. The van der Waals surface area contributed by atoms with Crippen molar-refractivity contribution in [1.82, 2.24) is 29.5 Å². The van der Waals surface area contributed by atoms with Crippen LogP contribution in [0.3, 0.4) is 0 Å². The van der Waals surface area contributed by atoms with Crippen LogP contribution in [0.5, 0.6) is 11.5 Å². The van der Waals surface area contributed by atoms with Crippen LogP contribution < -0.4 is 15.0 Å². The summed E-state index contributed by atoms with van der Waals surface area (Å²) in [5.41, 5.74) is 2.36. The number of nitrogens with one attached hydrogen (secondary N) is 1. The lowest BCUT2D eigenvalue weighted by atomic mass is 10.2. The molecule has 3 aromatic heterocycles. The summed E-state index contributed by atoms with van der Waals surface area (Å²) in [7, 11) is 3.14. The molecular weight excluding hydrogens is 428 g/mol. The minimum absolute atomic E-state index is 0.178. The SMILES string of the molecule is COc1ccc(-n2c(CSc3ncnc4[nH]cnc34)nc3ccccc3c2=O)c(OC)c1. The second-order valence-corrected chi connectivity index (χ2v) is 7.75. The average Bonchev–Trinajstić information content (AvgIpc) is 3.32. The molecule has 160 valence electrons. The molecule has 0 aliphatic rings. The van der Waals surface area contributed by atoms with Crippen molar-refractivity contribution < 1.29 is 9.47 Å². The zero-order valence-electron chi connectivity index (χ0n) is 17.3. The number of H-pyrrole nitrogens is 1. The number of rotatable bonds is 6. The molecule has 0 fully saturated rings. The number of hydrogen-bond donors (Lipinski definition) is 1. The van der Waals surface area contributed by atoms with Crippen molar-refractivity contribution >= 4 is 33.8 Å². The highest BCUT2D eigenvalue weighted by Crippen LogP contribution is 2.30. The molecule has 0 spiro atoms. The van der Waals surface area contributed by atoms with Crippen LogP contribution >= 0.6 is 11.8 Å². The molecule has 10 heteroatoms. The van der Waals surface area contributed by atoms with E-state index in [1.807, 2.05) is 18.2 Å². The second-order valence-electron chi connectivity index (χ2n) is 6.79. The van der Waals surface area contributed by atoms with Gasteiger partial charge in [-0.15, -0.1) is 0 Å². The van der Waals surface area contributed by atoms with Gasteiger partial charge in [-0.05, 0) is 24.3 Å². The third-order valence-electron chi connectivity index (χ3n) is 4.99. The lowest BCUT2D eigenvalue weighted by Gasteiger charge is -2.16. The van der Waals surface area contributed by atoms with Gasteiger partial charge in [0, 0.05) is 6.07 Å². The molecule has 0 radical (unpaired) electrons. The Hall–Kier alpha value is -3.92. The van der Waals surface area contributed by atoms with Crippen LogP contribution in [-0.4, -0.2) is 43.7 Å². The second kappa shape index (κ2) is 8.31. The van der Waals surface area contributed by atoms with E-state index in [4.69, 9.17) is 14.5 Å². The number of aromatic nitrogens is 6. The molecule has 0 atom stereocenters. The van der Waals surface area contributed by atoms with Gasteiger partial charge in [-0.1, -0.05) is 23.9 Å². The molecule has 0 saturated heterocycles. The van der Waals surface area contributed by atoms with E-state index in [9.17, 15) is 4.79 Å². The Balaban J connectivity index is 1.66. The quantitative estimate of drug-likeness (QED) is 0.312. The summed E-state index contributed by atoms with van der Waals surface area (Å²) < 4.78 is 12.5. The van der Waals surface area contributed by atoms with Gasteiger partial charge in [-0.2, -0.15) is 0 Å². The van der Waals surface area contributed by atoms with E-state index >= 15 is 0 Å². The van der Waals surface area contributed by atoms with Crippen LogP contribution in [0, 0.1) is 0 Å². The van der Waals surface area contributed by atoms with Crippen molar-refractivity contribution in [3.63, 3.8) is 0 Å². The first-order valence-electron chi connectivity index (χ1n) is 9.69. The lowest BCUT2D eigenvalue weighted by Crippen LogP contribution is -2.24. The molecular formula is C22H18N6O3S. The zero-order valence-corrected chi connectivity index (χ0v) is 18.1. The average molecular weight is 446 g/mol. The van der Waals surface area contributed by atoms with Crippen molar-refractivity contribution in [2.45, 2.75) is 10.8 Å². The number of imidazole rings is 1. The first-order chi connectivity index (χ1) is 15.7. The number of fused-ring (bicyclic) bond motifs is 2. The monoisotopic (exact) mass is 446 g/mol. The topological polar surface area (TPSA) is 108 Å². The van der Waals surface area contributed by atoms with Crippen molar-refractivity contribution in [2.24, 2.45) is 0 Å². The predicted octanol–water partition coefficient (Wildman–Crippen LogP) is 3.36. The molecule has 1 N–H and O–H groups in total. The minimum atomic E-state index is -0.178. The Bertz CT molecular complexity index is 1500. The molecule has 3 heterocycles. The molecule has 5 aromatic rings. The Kier molecular flexibility index (Phi) is 5.20. The highest BCUT2D eigenvalue weighted by atomic mass is 32.2. The van der Waals surface area contributed by atoms with Crippen molar-refractivity contribution in [3.8, 4) is 17.2 Å². The minimum Gasteiger partial charge on any atom is -0.497 e. The third-order valence-corrected chi connectivity index (χ3v) is 5.97. The number of thioether (sulfide) groups is 1. The van der Waals surface area contributed by atoms with E-state index in [1.165, 1.54) is 18.1 Å². The number of methoxy groups -OCH3 is 2. The third kappa shape index (κ3) is 3.44. The smallest absolute Gasteiger partial charge is 0.266 e. The number of aromatic amines is 1. The van der Waals surface area contributed by atoms with Gasteiger partial charge in [0.05, 0.1) is 42.9 Å². The number of benzene rings is 2. The maximum atomic E-state index is 13.5. The Labute approximate surface area is 186 Å². The van der Waals surface area contributed by atoms with Crippen LogP contribution in [-0.2, 0) is 5.75 Å². The summed E-state index contributed by atoms with van der Waals surface area (Å²) in [5, 5.41) is 1.22. The van der Waals surface area contributed by atoms with Crippen LogP contribution in [0.4, 0.5) is 0 Å². The fraction of sp³-hybridized carbons (Fsp3) is 0.136. The van der Waals surface area contributed by atoms with E-state index in [2.05, 4.69) is 19.9 Å². The first kappa shape index (κ1) is 20.0. The molecule has 9 nitrogen and oxygen atoms in total. The van der Waals surface area contributed by atoms with E-state index in [0.29, 0.717) is 55.9 Å². The Morgan fingerprint density at radius 2 is 1.94 bits per heavy atom. The molecule has 0 unspecified atom stereocenters. The molecule has 0 saturated carbocycles. The van der Waals surface area contributed by atoms with Gasteiger partial charge in [-0.25, -0.2) is 19.9 Å². The molecule has 0 aliphatic heterocycles. The van der Waals surface area contributed by atoms with Crippen molar-refractivity contribution in [3.05, 3.63) is 71.3 Å². The summed E-state index contributed by atoms with van der Waals surface area (Å²) in [5.74, 6) is 2.08. The largest absolute Gasteiger partial charge is 0.497 e. The Morgan fingerprint density at radius 1 is 1.06 bits per heavy atom. The molecule has 0 amide bonds. The normalized spacial score (nSPS) is 11.2. The van der Waals surface area contributed by atoms with E-state index in [1.54, 1.807) is 49.4 Å². The van der Waals surface area contributed by atoms with Gasteiger partial charge in [-0.3, -0.25) is 9.36 Å². The van der Waals surface area contributed by atoms with Gasteiger partial charge in [0.1, 0.15) is 34.2 Å². The fourth-order valence-corrected chi connectivity index (χ4v) is 4.34. The summed E-state index contributed by atoms with van der Waals surface area (Å²) in [6, 6.07) is 12.6. The van der Waals surface area contributed by atoms with E-state index in [0.717, 1.165) is 0 Å². The first-order valence-corrected chi connectivity index (χ1v) is 10.7. The highest BCUT2D eigenvalue weighted by Gasteiger charge is 2.18. The maximum absolute atomic E-state index is 13.5. The summed E-state index contributed by atoms with van der Waals surface area (Å²) >= 11 is 1.43. The van der Waals surface area contributed by atoms with Gasteiger partial charge >= 0.3 is 0 Å². The van der Waals surface area contributed by atoms with Gasteiger partial charge in [0.15, 0.2) is 5.65 Å². The Morgan fingerprint density at radius 3 is 2.78 bits per heavy atom. The maximum Gasteiger partial charge on any atom is 0.266 e. The molecule has 2 aromatic carbocycles. The van der Waals surface area contributed by atoms with Crippen molar-refractivity contribution in [1.29, 1.82) is 0 Å². The molecule has 0 aliphatic carbocycles. The molecule has 0 bridgehead atoms. The van der Waals surface area contributed by atoms with Crippen LogP contribution in [0.2, 0.25) is 0 Å². The fourth-order valence-electron chi connectivity index (χ4n) is 3.47. The van der Waals surface area contributed by atoms with Gasteiger partial charge in [0.2, 0.25) is 0 Å². The zero-order chi connectivity index (χ0) is 22.1.